The van der Waals surface area contributed by atoms with Gasteiger partial charge in [-0.25, -0.2) is 0 Å². The predicted octanol–water partition coefficient (Wildman–Crippen LogP) is 4.91. The van der Waals surface area contributed by atoms with Crippen molar-refractivity contribution in [1.82, 2.24) is 0 Å². The maximum absolute atomic E-state index is 12.8. The van der Waals surface area contributed by atoms with Crippen LogP contribution in [0.15, 0.2) is 52.9 Å². The fourth-order valence-corrected chi connectivity index (χ4v) is 3.53. The summed E-state index contributed by atoms with van der Waals surface area (Å²) in [4.78, 5) is 25.5. The number of furan rings is 1. The summed E-state index contributed by atoms with van der Waals surface area (Å²) >= 11 is 6.18. The Morgan fingerprint density at radius 1 is 1.13 bits per heavy atom. The van der Waals surface area contributed by atoms with E-state index in [1.54, 1.807) is 18.2 Å². The van der Waals surface area contributed by atoms with Gasteiger partial charge in [0.1, 0.15) is 5.76 Å². The molecule has 31 heavy (non-hydrogen) atoms. The third-order valence-corrected chi connectivity index (χ3v) is 5.49. The summed E-state index contributed by atoms with van der Waals surface area (Å²) < 4.78 is 11.1. The molecule has 0 aliphatic carbocycles. The summed E-state index contributed by atoms with van der Waals surface area (Å²) in [6, 6.07) is 13.2. The number of carbonyl (C=O) groups is 1. The van der Waals surface area contributed by atoms with Crippen LogP contribution in [0, 0.1) is 17.0 Å². The van der Waals surface area contributed by atoms with Crippen LogP contribution < -0.4 is 10.2 Å². The van der Waals surface area contributed by atoms with Crippen LogP contribution in [0.3, 0.4) is 0 Å². The van der Waals surface area contributed by atoms with Gasteiger partial charge in [0.25, 0.3) is 11.6 Å². The smallest absolute Gasteiger partial charge is 0.291 e. The summed E-state index contributed by atoms with van der Waals surface area (Å²) in [5.41, 5.74) is 2.70. The zero-order chi connectivity index (χ0) is 22.0. The number of nitro benzene ring substituents is 1. The predicted molar refractivity (Wildman–Crippen MR) is 118 cm³/mol. The standard InChI is InChI=1S/C22H20ClN3O5/c1-14-2-3-15(12-17(14)23)20-6-7-21(31-20)22(27)24-18-5-4-16(26(28)29)13-19(18)25-8-10-30-11-9-25/h2-7,12-13H,8-11H2,1H3,(H,24,27). The number of amides is 1. The van der Waals surface area contributed by atoms with Crippen molar-refractivity contribution in [3.05, 3.63) is 75.0 Å². The van der Waals surface area contributed by atoms with E-state index in [9.17, 15) is 14.9 Å². The summed E-state index contributed by atoms with van der Waals surface area (Å²) in [5.74, 6) is 0.190. The Labute approximate surface area is 183 Å². The van der Waals surface area contributed by atoms with Crippen molar-refractivity contribution in [3.63, 3.8) is 0 Å². The van der Waals surface area contributed by atoms with Gasteiger partial charge in [-0.15, -0.1) is 0 Å². The topological polar surface area (TPSA) is 97.8 Å². The molecule has 0 bridgehead atoms. The average Bonchev–Trinajstić information content (AvgIpc) is 3.27. The number of morpholine rings is 1. The van der Waals surface area contributed by atoms with Gasteiger partial charge in [-0.05, 0) is 36.8 Å². The molecule has 0 spiro atoms. The van der Waals surface area contributed by atoms with Crippen LogP contribution >= 0.6 is 11.6 Å². The normalized spacial score (nSPS) is 13.8. The van der Waals surface area contributed by atoms with Crippen LogP contribution in [-0.2, 0) is 4.74 Å². The molecule has 1 aromatic heterocycles. The molecule has 1 amide bonds. The van der Waals surface area contributed by atoms with E-state index in [1.807, 2.05) is 24.0 Å². The summed E-state index contributed by atoms with van der Waals surface area (Å²) in [6.45, 7) is 4.07. The molecule has 0 radical (unpaired) electrons. The molecule has 1 aliphatic heterocycles. The van der Waals surface area contributed by atoms with E-state index in [0.29, 0.717) is 48.5 Å². The number of nitro groups is 1. The molecule has 2 aromatic carbocycles. The van der Waals surface area contributed by atoms with Crippen molar-refractivity contribution in [2.75, 3.05) is 36.5 Å². The monoisotopic (exact) mass is 441 g/mol. The highest BCUT2D eigenvalue weighted by atomic mass is 35.5. The van der Waals surface area contributed by atoms with Gasteiger partial charge in [-0.2, -0.15) is 0 Å². The first kappa shape index (κ1) is 20.9. The van der Waals surface area contributed by atoms with Gasteiger partial charge in [0.2, 0.25) is 0 Å². The van der Waals surface area contributed by atoms with Gasteiger partial charge < -0.3 is 19.4 Å². The molecule has 8 nitrogen and oxygen atoms in total. The largest absolute Gasteiger partial charge is 0.451 e. The first-order valence-electron chi connectivity index (χ1n) is 9.71. The lowest BCUT2D eigenvalue weighted by Gasteiger charge is -2.30. The zero-order valence-corrected chi connectivity index (χ0v) is 17.5. The number of nitrogens with zero attached hydrogens (tertiary/aromatic N) is 2. The Kier molecular flexibility index (Phi) is 5.92. The van der Waals surface area contributed by atoms with E-state index in [0.717, 1.165) is 11.1 Å². The van der Waals surface area contributed by atoms with Crippen LogP contribution in [0.5, 0.6) is 0 Å². The maximum Gasteiger partial charge on any atom is 0.291 e. The fraction of sp³-hybridized carbons (Fsp3) is 0.227. The Morgan fingerprint density at radius 2 is 1.90 bits per heavy atom. The molecule has 9 heteroatoms. The average molecular weight is 442 g/mol. The molecule has 160 valence electrons. The minimum Gasteiger partial charge on any atom is -0.451 e. The molecule has 1 fully saturated rings. The zero-order valence-electron chi connectivity index (χ0n) is 16.8. The second-order valence-corrected chi connectivity index (χ2v) is 7.55. The number of hydrogen-bond donors (Lipinski definition) is 1. The molecule has 0 unspecified atom stereocenters. The third-order valence-electron chi connectivity index (χ3n) is 5.08. The number of halogens is 1. The Balaban J connectivity index is 1.59. The van der Waals surface area contributed by atoms with Gasteiger partial charge >= 0.3 is 0 Å². The van der Waals surface area contributed by atoms with E-state index in [-0.39, 0.29) is 11.4 Å². The highest BCUT2D eigenvalue weighted by molar-refractivity contribution is 6.31. The number of benzene rings is 2. The van der Waals surface area contributed by atoms with Gasteiger partial charge in [0.05, 0.1) is 29.5 Å². The van der Waals surface area contributed by atoms with Gasteiger partial charge in [0, 0.05) is 35.8 Å². The van der Waals surface area contributed by atoms with Crippen LogP contribution in [0.2, 0.25) is 5.02 Å². The minimum atomic E-state index is -0.457. The Morgan fingerprint density at radius 3 is 2.61 bits per heavy atom. The number of ether oxygens (including phenoxy) is 1. The van der Waals surface area contributed by atoms with Crippen LogP contribution in [0.1, 0.15) is 16.1 Å². The van der Waals surface area contributed by atoms with Gasteiger partial charge in [-0.3, -0.25) is 14.9 Å². The van der Waals surface area contributed by atoms with Crippen LogP contribution in [0.25, 0.3) is 11.3 Å². The first-order chi connectivity index (χ1) is 14.9. The van der Waals surface area contributed by atoms with E-state index in [4.69, 9.17) is 20.8 Å². The number of anilines is 2. The van der Waals surface area contributed by atoms with E-state index < -0.39 is 10.8 Å². The summed E-state index contributed by atoms with van der Waals surface area (Å²) in [6.07, 6.45) is 0. The number of rotatable bonds is 5. The quantitative estimate of drug-likeness (QED) is 0.446. The number of aryl methyl sites for hydroxylation is 1. The molecule has 1 N–H and O–H groups in total. The molecule has 2 heterocycles. The van der Waals surface area contributed by atoms with Crippen molar-refractivity contribution in [2.45, 2.75) is 6.92 Å². The molecule has 4 rings (SSSR count). The molecular weight excluding hydrogens is 422 g/mol. The Hall–Kier alpha value is -3.36. The molecule has 1 aliphatic rings. The van der Waals surface area contributed by atoms with Crippen molar-refractivity contribution in [1.29, 1.82) is 0 Å². The molecule has 1 saturated heterocycles. The summed E-state index contributed by atoms with van der Waals surface area (Å²) in [7, 11) is 0. The first-order valence-corrected chi connectivity index (χ1v) is 10.1. The lowest BCUT2D eigenvalue weighted by atomic mass is 10.1. The van der Waals surface area contributed by atoms with Crippen LogP contribution in [0.4, 0.5) is 17.1 Å². The second-order valence-electron chi connectivity index (χ2n) is 7.14. The molecule has 0 atom stereocenters. The highest BCUT2D eigenvalue weighted by Crippen LogP contribution is 2.32. The number of non-ortho nitro benzene ring substituents is 1. The SMILES string of the molecule is Cc1ccc(-c2ccc(C(=O)Nc3ccc([N+](=O)[O-])cc3N3CCOCC3)o2)cc1Cl. The third kappa shape index (κ3) is 4.55. The summed E-state index contributed by atoms with van der Waals surface area (Å²) in [5, 5.41) is 14.6. The fourth-order valence-electron chi connectivity index (χ4n) is 3.35. The van der Waals surface area contributed by atoms with Crippen LogP contribution in [-0.4, -0.2) is 37.1 Å². The van der Waals surface area contributed by atoms with Crippen molar-refractivity contribution >= 4 is 34.6 Å². The molecule has 0 saturated carbocycles. The minimum absolute atomic E-state index is 0.0453. The maximum atomic E-state index is 12.8. The lowest BCUT2D eigenvalue weighted by molar-refractivity contribution is -0.384. The van der Waals surface area contributed by atoms with Crippen molar-refractivity contribution in [3.8, 4) is 11.3 Å². The van der Waals surface area contributed by atoms with Crippen molar-refractivity contribution < 1.29 is 18.9 Å². The number of hydrogen-bond acceptors (Lipinski definition) is 6. The van der Waals surface area contributed by atoms with Crippen molar-refractivity contribution in [2.24, 2.45) is 0 Å². The lowest BCUT2D eigenvalue weighted by Crippen LogP contribution is -2.36. The second kappa shape index (κ2) is 8.79. The highest BCUT2D eigenvalue weighted by Gasteiger charge is 2.21. The Bertz CT molecular complexity index is 1140. The van der Waals surface area contributed by atoms with E-state index >= 15 is 0 Å². The molecule has 3 aromatic rings. The number of nitrogens with one attached hydrogen (secondary N) is 1. The van der Waals surface area contributed by atoms with E-state index in [2.05, 4.69) is 5.32 Å². The molecular formula is C22H20ClN3O5. The van der Waals surface area contributed by atoms with Gasteiger partial charge in [-0.1, -0.05) is 23.7 Å². The van der Waals surface area contributed by atoms with Gasteiger partial charge in [0.15, 0.2) is 5.76 Å². The van der Waals surface area contributed by atoms with E-state index in [1.165, 1.54) is 18.2 Å². The number of carbonyl (C=O) groups excluding carboxylic acids is 1.